The van der Waals surface area contributed by atoms with E-state index in [2.05, 4.69) is 4.99 Å². The Kier molecular flexibility index (Phi) is 2.27. The Morgan fingerprint density at radius 2 is 2.10 bits per heavy atom. The molecule has 0 amide bonds. The molecule has 3 nitrogen and oxygen atoms in total. The molecule has 0 saturated heterocycles. The van der Waals surface area contributed by atoms with Crippen molar-refractivity contribution in [1.29, 1.82) is 5.26 Å². The van der Waals surface area contributed by atoms with Gasteiger partial charge in [-0.15, -0.1) is 0 Å². The second-order valence-corrected chi connectivity index (χ2v) is 2.62. The Hall–Kier alpha value is -1.04. The Balaban J connectivity index is 2.49. The second kappa shape index (κ2) is 3.21. The highest BCUT2D eigenvalue weighted by atomic mass is 14.9. The van der Waals surface area contributed by atoms with Gasteiger partial charge in [-0.05, 0) is 12.8 Å². The molecule has 0 aromatic heterocycles. The molecule has 2 N–H and O–H groups in total. The first-order valence-electron chi connectivity index (χ1n) is 3.56. The topological polar surface area (TPSA) is 62.2 Å². The van der Waals surface area contributed by atoms with Gasteiger partial charge in [0.05, 0.1) is 0 Å². The molecule has 1 fully saturated rings. The lowest BCUT2D eigenvalue weighted by molar-refractivity contribution is 0.722. The van der Waals surface area contributed by atoms with Gasteiger partial charge < -0.3 is 5.73 Å². The standard InChI is InChI=1S/C7H11N3/c8-5-10-7(9)6-3-1-2-4-6/h6H,1-4H2,(H2,9,10). The summed E-state index contributed by atoms with van der Waals surface area (Å²) in [7, 11) is 0. The van der Waals surface area contributed by atoms with Gasteiger partial charge in [0.1, 0.15) is 5.84 Å². The Labute approximate surface area is 60.6 Å². The summed E-state index contributed by atoms with van der Waals surface area (Å²) in [4.78, 5) is 3.51. The molecule has 0 unspecified atom stereocenters. The maximum absolute atomic E-state index is 8.18. The van der Waals surface area contributed by atoms with Crippen molar-refractivity contribution >= 4 is 5.84 Å². The molecule has 1 aliphatic carbocycles. The zero-order chi connectivity index (χ0) is 7.40. The fraction of sp³-hybridized carbons (Fsp3) is 0.714. The fourth-order valence-electron chi connectivity index (χ4n) is 1.37. The maximum atomic E-state index is 8.18. The lowest BCUT2D eigenvalue weighted by Crippen LogP contribution is -2.20. The van der Waals surface area contributed by atoms with Crippen LogP contribution < -0.4 is 5.73 Å². The molecule has 54 valence electrons. The van der Waals surface area contributed by atoms with E-state index in [-0.39, 0.29) is 0 Å². The summed E-state index contributed by atoms with van der Waals surface area (Å²) >= 11 is 0. The van der Waals surface area contributed by atoms with Gasteiger partial charge in [0.15, 0.2) is 0 Å². The molecule has 0 heterocycles. The minimum atomic E-state index is 0.389. The molecular weight excluding hydrogens is 126 g/mol. The van der Waals surface area contributed by atoms with Crippen LogP contribution >= 0.6 is 0 Å². The first-order valence-corrected chi connectivity index (χ1v) is 3.56. The highest BCUT2D eigenvalue weighted by Gasteiger charge is 2.18. The number of hydrogen-bond donors (Lipinski definition) is 1. The Morgan fingerprint density at radius 3 is 2.60 bits per heavy atom. The van der Waals surface area contributed by atoms with Crippen LogP contribution in [0.4, 0.5) is 0 Å². The van der Waals surface area contributed by atoms with Gasteiger partial charge in [-0.3, -0.25) is 0 Å². The number of amidine groups is 1. The van der Waals surface area contributed by atoms with Crippen molar-refractivity contribution in [3.8, 4) is 6.19 Å². The summed E-state index contributed by atoms with van der Waals surface area (Å²) < 4.78 is 0. The maximum Gasteiger partial charge on any atom is 0.207 e. The van der Waals surface area contributed by atoms with Gasteiger partial charge in [-0.1, -0.05) is 12.8 Å². The van der Waals surface area contributed by atoms with E-state index in [1.54, 1.807) is 6.19 Å². The van der Waals surface area contributed by atoms with Crippen molar-refractivity contribution < 1.29 is 0 Å². The number of nitriles is 1. The first-order chi connectivity index (χ1) is 4.84. The fourth-order valence-corrected chi connectivity index (χ4v) is 1.37. The van der Waals surface area contributed by atoms with E-state index in [0.29, 0.717) is 11.8 Å². The molecule has 0 aromatic carbocycles. The van der Waals surface area contributed by atoms with Crippen LogP contribution in [0.15, 0.2) is 4.99 Å². The number of aliphatic imine (C=N–C) groups is 1. The van der Waals surface area contributed by atoms with E-state index >= 15 is 0 Å². The van der Waals surface area contributed by atoms with Crippen LogP contribution in [0.1, 0.15) is 25.7 Å². The van der Waals surface area contributed by atoms with Crippen LogP contribution in [0.2, 0.25) is 0 Å². The van der Waals surface area contributed by atoms with E-state index in [4.69, 9.17) is 11.0 Å². The largest absolute Gasteiger partial charge is 0.386 e. The summed E-state index contributed by atoms with van der Waals surface area (Å²) in [6.45, 7) is 0. The second-order valence-electron chi connectivity index (χ2n) is 2.62. The molecule has 0 bridgehead atoms. The van der Waals surface area contributed by atoms with Crippen molar-refractivity contribution in [1.82, 2.24) is 0 Å². The average Bonchev–Trinajstić information content (AvgIpc) is 2.38. The highest BCUT2D eigenvalue weighted by Crippen LogP contribution is 2.24. The molecule has 3 heteroatoms. The Bertz CT molecular complexity index is 172. The normalized spacial score (nSPS) is 20.9. The van der Waals surface area contributed by atoms with Crippen LogP contribution in [-0.4, -0.2) is 5.84 Å². The average molecular weight is 137 g/mol. The molecule has 0 aliphatic heterocycles. The molecule has 10 heavy (non-hydrogen) atoms. The van der Waals surface area contributed by atoms with E-state index in [0.717, 1.165) is 12.8 Å². The van der Waals surface area contributed by atoms with E-state index in [9.17, 15) is 0 Å². The van der Waals surface area contributed by atoms with Gasteiger partial charge in [0.25, 0.3) is 0 Å². The molecule has 1 saturated carbocycles. The van der Waals surface area contributed by atoms with Crippen LogP contribution in [0.5, 0.6) is 0 Å². The zero-order valence-corrected chi connectivity index (χ0v) is 5.88. The SMILES string of the molecule is N#CN=C(N)C1CCCC1. The third kappa shape index (κ3) is 1.47. The molecule has 0 atom stereocenters. The van der Waals surface area contributed by atoms with Crippen molar-refractivity contribution in [3.05, 3.63) is 0 Å². The minimum Gasteiger partial charge on any atom is -0.386 e. The van der Waals surface area contributed by atoms with Gasteiger partial charge in [-0.25, -0.2) is 0 Å². The van der Waals surface area contributed by atoms with E-state index in [1.165, 1.54) is 12.8 Å². The van der Waals surface area contributed by atoms with Crippen molar-refractivity contribution in [2.45, 2.75) is 25.7 Å². The molecular formula is C7H11N3. The number of hydrogen-bond acceptors (Lipinski definition) is 2. The predicted octanol–water partition coefficient (Wildman–Crippen LogP) is 1.01. The quantitative estimate of drug-likeness (QED) is 0.333. The van der Waals surface area contributed by atoms with E-state index in [1.807, 2.05) is 0 Å². The van der Waals surface area contributed by atoms with E-state index < -0.39 is 0 Å². The highest BCUT2D eigenvalue weighted by molar-refractivity contribution is 5.83. The van der Waals surface area contributed by atoms with Gasteiger partial charge >= 0.3 is 0 Å². The van der Waals surface area contributed by atoms with Gasteiger partial charge in [0, 0.05) is 5.92 Å². The minimum absolute atomic E-state index is 0.389. The number of rotatable bonds is 1. The molecule has 0 spiro atoms. The lowest BCUT2D eigenvalue weighted by Gasteiger charge is -2.03. The molecule has 1 rings (SSSR count). The third-order valence-electron chi connectivity index (χ3n) is 1.95. The summed E-state index contributed by atoms with van der Waals surface area (Å²) in [5, 5.41) is 8.18. The first kappa shape index (κ1) is 7.07. The molecule has 0 aromatic rings. The van der Waals surface area contributed by atoms with Gasteiger partial charge in [0.2, 0.25) is 6.19 Å². The van der Waals surface area contributed by atoms with Crippen molar-refractivity contribution in [2.75, 3.05) is 0 Å². The predicted molar refractivity (Wildman–Crippen MR) is 39.2 cm³/mol. The number of nitrogens with zero attached hydrogens (tertiary/aromatic N) is 2. The summed E-state index contributed by atoms with van der Waals surface area (Å²) in [6.07, 6.45) is 6.38. The lowest BCUT2D eigenvalue weighted by atomic mass is 10.1. The van der Waals surface area contributed by atoms with Gasteiger partial charge in [-0.2, -0.15) is 10.3 Å². The van der Waals surface area contributed by atoms with Crippen molar-refractivity contribution in [3.63, 3.8) is 0 Å². The van der Waals surface area contributed by atoms with Crippen LogP contribution in [0, 0.1) is 17.4 Å². The monoisotopic (exact) mass is 137 g/mol. The molecule has 1 aliphatic rings. The smallest absolute Gasteiger partial charge is 0.207 e. The van der Waals surface area contributed by atoms with Crippen LogP contribution in [0.3, 0.4) is 0 Å². The molecule has 0 radical (unpaired) electrons. The van der Waals surface area contributed by atoms with Crippen LogP contribution in [0.25, 0.3) is 0 Å². The third-order valence-corrected chi connectivity index (χ3v) is 1.95. The number of nitrogens with two attached hydrogens (primary N) is 1. The summed E-state index contributed by atoms with van der Waals surface area (Å²) in [6, 6.07) is 0. The van der Waals surface area contributed by atoms with Crippen molar-refractivity contribution in [2.24, 2.45) is 16.6 Å². The van der Waals surface area contributed by atoms with Crippen LogP contribution in [-0.2, 0) is 0 Å². The zero-order valence-electron chi connectivity index (χ0n) is 5.88. The summed E-state index contributed by atoms with van der Waals surface area (Å²) in [5.74, 6) is 0.916. The Morgan fingerprint density at radius 1 is 1.50 bits per heavy atom. The summed E-state index contributed by atoms with van der Waals surface area (Å²) in [5.41, 5.74) is 5.52.